The predicted molar refractivity (Wildman–Crippen MR) is 95.9 cm³/mol. The highest BCUT2D eigenvalue weighted by molar-refractivity contribution is 6.30. The summed E-state index contributed by atoms with van der Waals surface area (Å²) < 4.78 is 34.6. The first-order valence-electron chi connectivity index (χ1n) is 7.69. The number of nitrogens with one attached hydrogen (secondary N) is 2. The first-order valence-corrected chi connectivity index (χ1v) is 8.07. The van der Waals surface area contributed by atoms with Crippen LogP contribution in [0.4, 0.5) is 8.78 Å². The van der Waals surface area contributed by atoms with Gasteiger partial charge in [-0.1, -0.05) is 17.7 Å². The van der Waals surface area contributed by atoms with Crippen molar-refractivity contribution in [3.63, 3.8) is 0 Å². The van der Waals surface area contributed by atoms with Gasteiger partial charge in [-0.25, -0.2) is 4.98 Å². The molecule has 2 rings (SSSR count). The molecule has 26 heavy (non-hydrogen) atoms. The second kappa shape index (κ2) is 9.76. The number of benzene rings is 1. The van der Waals surface area contributed by atoms with E-state index in [-0.39, 0.29) is 12.3 Å². The van der Waals surface area contributed by atoms with Gasteiger partial charge < -0.3 is 20.1 Å². The lowest BCUT2D eigenvalue weighted by Gasteiger charge is -2.15. The van der Waals surface area contributed by atoms with Crippen LogP contribution in [0, 0.1) is 0 Å². The Bertz CT molecular complexity index is 759. The second-order valence-corrected chi connectivity index (χ2v) is 5.52. The van der Waals surface area contributed by atoms with Gasteiger partial charge in [0.05, 0.1) is 19.3 Å². The summed E-state index contributed by atoms with van der Waals surface area (Å²) in [5.74, 6) is 1.04. The molecular weight excluding hydrogens is 366 g/mol. The number of hydrogen-bond acceptors (Lipinski definition) is 4. The molecule has 1 heterocycles. The number of nitrogens with zero attached hydrogens (tertiary/aromatic N) is 2. The number of aliphatic imine (C=N–C) groups is 1. The lowest BCUT2D eigenvalue weighted by Crippen LogP contribution is -2.36. The fourth-order valence-corrected chi connectivity index (χ4v) is 2.34. The van der Waals surface area contributed by atoms with Crippen LogP contribution < -0.4 is 20.1 Å². The topological polar surface area (TPSA) is 67.8 Å². The van der Waals surface area contributed by atoms with E-state index in [0.717, 1.165) is 5.69 Å². The average Bonchev–Trinajstić information content (AvgIpc) is 2.63. The highest BCUT2D eigenvalue weighted by Gasteiger charge is 2.11. The van der Waals surface area contributed by atoms with Crippen LogP contribution in [0.2, 0.25) is 5.02 Å². The Morgan fingerprint density at radius 1 is 1.23 bits per heavy atom. The number of halogens is 3. The zero-order valence-electron chi connectivity index (χ0n) is 14.3. The largest absolute Gasteiger partial charge is 0.481 e. The van der Waals surface area contributed by atoms with Crippen molar-refractivity contribution in [2.24, 2.45) is 4.99 Å². The highest BCUT2D eigenvalue weighted by atomic mass is 35.5. The standard InChI is InChI=1S/C17H19ClF2N4O2/c1-21-17(23-10-13-4-3-5-15(24-13)25-2)22-9-11-8-12(18)6-7-14(11)26-16(19)20/h3-8,16H,9-10H2,1-2H3,(H2,21,22,23). The van der Waals surface area contributed by atoms with Crippen LogP contribution in [0.1, 0.15) is 11.3 Å². The number of pyridine rings is 1. The van der Waals surface area contributed by atoms with Crippen LogP contribution >= 0.6 is 11.6 Å². The van der Waals surface area contributed by atoms with Crippen molar-refractivity contribution in [3.05, 3.63) is 52.7 Å². The molecule has 1 aromatic carbocycles. The maximum atomic E-state index is 12.5. The van der Waals surface area contributed by atoms with Gasteiger partial charge in [0.15, 0.2) is 5.96 Å². The Morgan fingerprint density at radius 2 is 2.00 bits per heavy atom. The van der Waals surface area contributed by atoms with Gasteiger partial charge in [-0.15, -0.1) is 0 Å². The maximum Gasteiger partial charge on any atom is 0.387 e. The van der Waals surface area contributed by atoms with E-state index in [0.29, 0.717) is 29.0 Å². The summed E-state index contributed by atoms with van der Waals surface area (Å²) >= 11 is 5.94. The Labute approximate surface area is 155 Å². The van der Waals surface area contributed by atoms with Crippen molar-refractivity contribution < 1.29 is 18.3 Å². The normalized spacial score (nSPS) is 11.4. The summed E-state index contributed by atoms with van der Waals surface area (Å²) in [6, 6.07) is 9.88. The second-order valence-electron chi connectivity index (χ2n) is 5.08. The summed E-state index contributed by atoms with van der Waals surface area (Å²) in [7, 11) is 3.15. The Balaban J connectivity index is 1.97. The van der Waals surface area contributed by atoms with E-state index in [9.17, 15) is 8.78 Å². The van der Waals surface area contributed by atoms with Crippen molar-refractivity contribution in [1.82, 2.24) is 15.6 Å². The van der Waals surface area contributed by atoms with Crippen molar-refractivity contribution in [1.29, 1.82) is 0 Å². The molecule has 0 spiro atoms. The molecule has 1 aromatic heterocycles. The lowest BCUT2D eigenvalue weighted by molar-refractivity contribution is -0.0504. The third kappa shape index (κ3) is 6.03. The molecule has 2 N–H and O–H groups in total. The highest BCUT2D eigenvalue weighted by Crippen LogP contribution is 2.24. The Morgan fingerprint density at radius 3 is 2.69 bits per heavy atom. The van der Waals surface area contributed by atoms with E-state index in [4.69, 9.17) is 16.3 Å². The van der Waals surface area contributed by atoms with Crippen molar-refractivity contribution >= 4 is 17.6 Å². The zero-order chi connectivity index (χ0) is 18.9. The van der Waals surface area contributed by atoms with Gasteiger partial charge in [0, 0.05) is 30.2 Å². The SMILES string of the molecule is CN=C(NCc1cccc(OC)n1)NCc1cc(Cl)ccc1OC(F)F. The van der Waals surface area contributed by atoms with Gasteiger partial charge in [-0.3, -0.25) is 4.99 Å². The summed E-state index contributed by atoms with van der Waals surface area (Å²) in [5, 5.41) is 6.53. The van der Waals surface area contributed by atoms with E-state index in [1.165, 1.54) is 12.1 Å². The molecule has 0 aliphatic rings. The van der Waals surface area contributed by atoms with E-state index in [1.54, 1.807) is 26.3 Å². The molecule has 0 aliphatic carbocycles. The third-order valence-electron chi connectivity index (χ3n) is 3.34. The molecule has 0 aliphatic heterocycles. The first kappa shape index (κ1) is 19.7. The fraction of sp³-hybridized carbons (Fsp3) is 0.294. The fourth-order valence-electron chi connectivity index (χ4n) is 2.14. The molecule has 0 amide bonds. The molecule has 0 saturated heterocycles. The first-order chi connectivity index (χ1) is 12.5. The number of alkyl halides is 2. The van der Waals surface area contributed by atoms with E-state index in [1.807, 2.05) is 12.1 Å². The zero-order valence-corrected chi connectivity index (χ0v) is 15.1. The van der Waals surface area contributed by atoms with Crippen LogP contribution in [0.3, 0.4) is 0 Å². The molecule has 0 saturated carbocycles. The third-order valence-corrected chi connectivity index (χ3v) is 3.57. The number of ether oxygens (including phenoxy) is 2. The number of methoxy groups -OCH3 is 1. The molecule has 0 radical (unpaired) electrons. The summed E-state index contributed by atoms with van der Waals surface area (Å²) in [6.45, 7) is -2.30. The molecule has 9 heteroatoms. The van der Waals surface area contributed by atoms with Crippen LogP contribution in [-0.4, -0.2) is 31.7 Å². The van der Waals surface area contributed by atoms with E-state index in [2.05, 4.69) is 25.3 Å². The molecule has 0 bridgehead atoms. The monoisotopic (exact) mass is 384 g/mol. The van der Waals surface area contributed by atoms with Crippen LogP contribution in [0.25, 0.3) is 0 Å². The van der Waals surface area contributed by atoms with Gasteiger partial charge >= 0.3 is 6.61 Å². The van der Waals surface area contributed by atoms with Crippen molar-refractivity contribution in [3.8, 4) is 11.6 Å². The minimum absolute atomic E-state index is 0.0572. The Hall–Kier alpha value is -2.61. The number of hydrogen-bond donors (Lipinski definition) is 2. The molecule has 6 nitrogen and oxygen atoms in total. The van der Waals surface area contributed by atoms with Crippen LogP contribution in [-0.2, 0) is 13.1 Å². The minimum atomic E-state index is -2.91. The van der Waals surface area contributed by atoms with Gasteiger partial charge in [0.2, 0.25) is 5.88 Å². The molecule has 0 atom stereocenters. The number of guanidine groups is 1. The van der Waals surface area contributed by atoms with Crippen LogP contribution in [0.5, 0.6) is 11.6 Å². The smallest absolute Gasteiger partial charge is 0.387 e. The van der Waals surface area contributed by atoms with E-state index >= 15 is 0 Å². The van der Waals surface area contributed by atoms with Crippen molar-refractivity contribution in [2.75, 3.05) is 14.2 Å². The maximum absolute atomic E-state index is 12.5. The molecule has 0 fully saturated rings. The lowest BCUT2D eigenvalue weighted by atomic mass is 10.2. The predicted octanol–water partition coefficient (Wildman–Crippen LogP) is 3.21. The van der Waals surface area contributed by atoms with Gasteiger partial charge in [0.1, 0.15) is 5.75 Å². The van der Waals surface area contributed by atoms with E-state index < -0.39 is 6.61 Å². The minimum Gasteiger partial charge on any atom is -0.481 e. The molecule has 0 unspecified atom stereocenters. The average molecular weight is 385 g/mol. The van der Waals surface area contributed by atoms with Crippen LogP contribution in [0.15, 0.2) is 41.4 Å². The van der Waals surface area contributed by atoms with Gasteiger partial charge in [0.25, 0.3) is 0 Å². The quantitative estimate of drug-likeness (QED) is 0.566. The summed E-state index contributed by atoms with van der Waals surface area (Å²) in [5.41, 5.74) is 1.25. The number of rotatable bonds is 7. The number of aromatic nitrogens is 1. The Kier molecular flexibility index (Phi) is 7.40. The van der Waals surface area contributed by atoms with Crippen molar-refractivity contribution in [2.45, 2.75) is 19.7 Å². The summed E-state index contributed by atoms with van der Waals surface area (Å²) in [4.78, 5) is 8.37. The molecular formula is C17H19ClF2N4O2. The van der Waals surface area contributed by atoms with Gasteiger partial charge in [-0.2, -0.15) is 8.78 Å². The molecule has 140 valence electrons. The van der Waals surface area contributed by atoms with Gasteiger partial charge in [-0.05, 0) is 24.3 Å². The summed E-state index contributed by atoms with van der Waals surface area (Å²) in [6.07, 6.45) is 0. The molecule has 2 aromatic rings.